The average molecular weight is 374 g/mol. The van der Waals surface area contributed by atoms with Crippen LogP contribution in [0.2, 0.25) is 0 Å². The van der Waals surface area contributed by atoms with Gasteiger partial charge in [0.2, 0.25) is 0 Å². The quantitative estimate of drug-likeness (QED) is 0.331. The van der Waals surface area contributed by atoms with Crippen molar-refractivity contribution in [2.75, 3.05) is 11.5 Å². The van der Waals surface area contributed by atoms with Crippen LogP contribution in [0.25, 0.3) is 0 Å². The second-order valence-electron chi connectivity index (χ2n) is 4.91. The number of ether oxygens (including phenoxy) is 1. The van der Waals surface area contributed by atoms with Crippen LogP contribution in [-0.2, 0) is 14.9 Å². The Morgan fingerprint density at radius 3 is 2.26 bits per heavy atom. The molecule has 0 bridgehead atoms. The highest BCUT2D eigenvalue weighted by molar-refractivity contribution is 14.1. The van der Waals surface area contributed by atoms with Crippen molar-refractivity contribution < 1.29 is 14.3 Å². The van der Waals surface area contributed by atoms with Gasteiger partial charge in [0.1, 0.15) is 0 Å². The zero-order valence-corrected chi connectivity index (χ0v) is 13.7. The second kappa shape index (κ2) is 7.03. The van der Waals surface area contributed by atoms with Crippen LogP contribution in [-0.4, -0.2) is 23.3 Å². The van der Waals surface area contributed by atoms with Crippen molar-refractivity contribution in [2.24, 2.45) is 0 Å². The van der Waals surface area contributed by atoms with Crippen molar-refractivity contribution in [3.63, 3.8) is 0 Å². The molecule has 4 heteroatoms. The van der Waals surface area contributed by atoms with Gasteiger partial charge in [0.15, 0.2) is 5.78 Å². The minimum atomic E-state index is -0.696. The molecule has 0 aromatic heterocycles. The van der Waals surface area contributed by atoms with Gasteiger partial charge in [-0.15, -0.1) is 0 Å². The number of alkyl halides is 1. The van der Waals surface area contributed by atoms with Gasteiger partial charge in [-0.1, -0.05) is 46.9 Å². The fourth-order valence-electron chi connectivity index (χ4n) is 1.82. The third-order valence-corrected chi connectivity index (χ3v) is 3.92. The molecule has 0 N–H and O–H groups in total. The lowest BCUT2D eigenvalue weighted by molar-refractivity contribution is -0.146. The van der Waals surface area contributed by atoms with Crippen LogP contribution in [0.5, 0.6) is 0 Å². The number of carbonyl (C=O) groups is 2. The minimum absolute atomic E-state index is 0.152. The van der Waals surface area contributed by atoms with Crippen LogP contribution < -0.4 is 0 Å². The maximum absolute atomic E-state index is 11.9. The van der Waals surface area contributed by atoms with Gasteiger partial charge < -0.3 is 4.74 Å². The van der Waals surface area contributed by atoms with E-state index in [-0.39, 0.29) is 11.8 Å². The molecular weight excluding hydrogens is 355 g/mol. The van der Waals surface area contributed by atoms with Crippen molar-refractivity contribution >= 4 is 34.3 Å². The zero-order chi connectivity index (χ0) is 14.5. The zero-order valence-electron chi connectivity index (χ0n) is 11.5. The van der Waals surface area contributed by atoms with Crippen molar-refractivity contribution in [1.29, 1.82) is 0 Å². The molecular formula is C15H19IO3. The first-order valence-corrected chi connectivity index (χ1v) is 7.74. The summed E-state index contributed by atoms with van der Waals surface area (Å²) in [5.41, 5.74) is 0.859. The smallest absolute Gasteiger partial charge is 0.315 e. The van der Waals surface area contributed by atoms with Crippen molar-refractivity contribution in [2.45, 2.75) is 32.1 Å². The van der Waals surface area contributed by atoms with Crippen LogP contribution >= 0.6 is 22.6 Å². The minimum Gasteiger partial charge on any atom is -0.468 e. The Hall–Kier alpha value is -0.910. The van der Waals surface area contributed by atoms with Crippen molar-refractivity contribution in [1.82, 2.24) is 0 Å². The molecule has 0 heterocycles. The van der Waals surface area contributed by atoms with E-state index in [0.29, 0.717) is 12.0 Å². The molecule has 3 nitrogen and oxygen atoms in total. The number of esters is 1. The van der Waals surface area contributed by atoms with Crippen LogP contribution in [0.1, 0.15) is 42.6 Å². The molecule has 0 saturated carbocycles. The first-order valence-electron chi connectivity index (χ1n) is 6.21. The number of hydrogen-bond acceptors (Lipinski definition) is 3. The average Bonchev–Trinajstić information content (AvgIpc) is 2.43. The Labute approximate surface area is 127 Å². The van der Waals surface area contributed by atoms with Gasteiger partial charge in [0.05, 0.1) is 12.5 Å². The van der Waals surface area contributed by atoms with Gasteiger partial charge in [0, 0.05) is 12.0 Å². The lowest BCUT2D eigenvalue weighted by atomic mass is 9.84. The fourth-order valence-corrected chi connectivity index (χ4v) is 2.20. The molecule has 0 aliphatic rings. The molecule has 1 aromatic carbocycles. The molecule has 1 aromatic rings. The first-order chi connectivity index (χ1) is 8.93. The van der Waals surface area contributed by atoms with Crippen LogP contribution in [0.3, 0.4) is 0 Å². The molecule has 0 saturated heterocycles. The summed E-state index contributed by atoms with van der Waals surface area (Å²) in [6.45, 7) is 3.62. The van der Waals surface area contributed by atoms with E-state index in [0.717, 1.165) is 16.4 Å². The van der Waals surface area contributed by atoms with Crippen molar-refractivity contribution in [3.05, 3.63) is 35.4 Å². The number of benzene rings is 1. The van der Waals surface area contributed by atoms with Crippen LogP contribution in [0.15, 0.2) is 24.3 Å². The third-order valence-electron chi connectivity index (χ3n) is 3.16. The largest absolute Gasteiger partial charge is 0.468 e. The summed E-state index contributed by atoms with van der Waals surface area (Å²) in [5.74, 6) is -0.129. The first kappa shape index (κ1) is 16.1. The Morgan fingerprint density at radius 2 is 1.79 bits per heavy atom. The topological polar surface area (TPSA) is 43.4 Å². The summed E-state index contributed by atoms with van der Waals surface area (Å²) in [4.78, 5) is 23.6. The third kappa shape index (κ3) is 4.03. The van der Waals surface area contributed by atoms with Gasteiger partial charge in [-0.2, -0.15) is 0 Å². The Morgan fingerprint density at radius 1 is 1.21 bits per heavy atom. The number of Topliss-reactive ketones (excluding diaryl/α,β-unsaturated/α-hetero) is 1. The lowest BCUT2D eigenvalue weighted by Crippen LogP contribution is -2.30. The van der Waals surface area contributed by atoms with Crippen LogP contribution in [0.4, 0.5) is 0 Å². The number of carbonyl (C=O) groups excluding carboxylic acids is 2. The number of rotatable bonds is 6. The highest BCUT2D eigenvalue weighted by Crippen LogP contribution is 2.25. The highest BCUT2D eigenvalue weighted by Gasteiger charge is 2.30. The number of methoxy groups -OCH3 is 1. The molecule has 1 rings (SSSR count). The second-order valence-corrected chi connectivity index (χ2v) is 5.99. The van der Waals surface area contributed by atoms with E-state index in [1.807, 2.05) is 26.0 Å². The molecule has 19 heavy (non-hydrogen) atoms. The summed E-state index contributed by atoms with van der Waals surface area (Å²) in [6, 6.07) is 7.23. The predicted molar refractivity (Wildman–Crippen MR) is 83.9 cm³/mol. The molecule has 0 atom stereocenters. The summed E-state index contributed by atoms with van der Waals surface area (Å²) >= 11 is 2.26. The van der Waals surface area contributed by atoms with E-state index in [4.69, 9.17) is 4.74 Å². The maximum Gasteiger partial charge on any atom is 0.315 e. The Bertz CT molecular complexity index is 449. The monoisotopic (exact) mass is 374 g/mol. The standard InChI is InChI=1S/C15H19IO3/c1-15(2,14(18)19-3)12-8-6-11(7-9-12)13(17)5-4-10-16/h6-9H,4-5,10H2,1-3H3. The summed E-state index contributed by atoms with van der Waals surface area (Å²) in [5, 5.41) is 0. The van der Waals surface area contributed by atoms with E-state index >= 15 is 0 Å². The van der Waals surface area contributed by atoms with Crippen molar-refractivity contribution in [3.8, 4) is 0 Å². The summed E-state index contributed by atoms with van der Waals surface area (Å²) in [6.07, 6.45) is 1.47. The maximum atomic E-state index is 11.9. The molecule has 104 valence electrons. The molecule has 0 aliphatic carbocycles. The Kier molecular flexibility index (Phi) is 5.97. The van der Waals surface area contributed by atoms with Gasteiger partial charge in [-0.05, 0) is 30.3 Å². The summed E-state index contributed by atoms with van der Waals surface area (Å²) < 4.78 is 5.78. The van der Waals surface area contributed by atoms with E-state index in [2.05, 4.69) is 22.6 Å². The number of hydrogen-bond donors (Lipinski definition) is 0. The van der Waals surface area contributed by atoms with E-state index < -0.39 is 5.41 Å². The molecule has 0 radical (unpaired) electrons. The van der Waals surface area contributed by atoms with Gasteiger partial charge >= 0.3 is 5.97 Å². The SMILES string of the molecule is COC(=O)C(C)(C)c1ccc(C(=O)CCCI)cc1. The Balaban J connectivity index is 2.87. The molecule has 0 unspecified atom stereocenters. The van der Waals surface area contributed by atoms with E-state index in [1.165, 1.54) is 7.11 Å². The summed E-state index contributed by atoms with van der Waals surface area (Å²) in [7, 11) is 1.38. The van der Waals surface area contributed by atoms with E-state index in [1.54, 1.807) is 12.1 Å². The lowest BCUT2D eigenvalue weighted by Gasteiger charge is -2.22. The fraction of sp³-hybridized carbons (Fsp3) is 0.467. The molecule has 0 aliphatic heterocycles. The van der Waals surface area contributed by atoms with Gasteiger partial charge in [-0.3, -0.25) is 9.59 Å². The van der Waals surface area contributed by atoms with Gasteiger partial charge in [0.25, 0.3) is 0 Å². The predicted octanol–water partition coefficient (Wildman–Crippen LogP) is 3.54. The molecule has 0 spiro atoms. The highest BCUT2D eigenvalue weighted by atomic mass is 127. The molecule has 0 fully saturated rings. The van der Waals surface area contributed by atoms with Crippen LogP contribution in [0, 0.1) is 0 Å². The number of halogens is 1. The van der Waals surface area contributed by atoms with Gasteiger partial charge in [-0.25, -0.2) is 0 Å². The molecule has 0 amide bonds. The van der Waals surface area contributed by atoms with E-state index in [9.17, 15) is 9.59 Å². The normalized spacial score (nSPS) is 11.2. The number of ketones is 1.